The lowest BCUT2D eigenvalue weighted by molar-refractivity contribution is -0.142. The van der Waals surface area contributed by atoms with E-state index in [0.29, 0.717) is 20.6 Å². The highest BCUT2D eigenvalue weighted by Crippen LogP contribution is 2.35. The number of fused-ring (bicyclic) bond motifs is 1. The Morgan fingerprint density at radius 1 is 1.06 bits per heavy atom. The Morgan fingerprint density at radius 3 is 2.33 bits per heavy atom. The second-order valence-electron chi connectivity index (χ2n) is 6.63. The fraction of sp³-hybridized carbons (Fsp3) is 0.0500. The number of anilines is 1. The zero-order chi connectivity index (χ0) is 24.1. The van der Waals surface area contributed by atoms with Crippen molar-refractivity contribution >= 4 is 60.7 Å². The van der Waals surface area contributed by atoms with Gasteiger partial charge in [-0.2, -0.15) is 18.3 Å². The van der Waals surface area contributed by atoms with E-state index in [4.69, 9.17) is 11.6 Å². The second-order valence-corrected chi connectivity index (χ2v) is 8.78. The Kier molecular flexibility index (Phi) is 6.18. The molecule has 2 aromatic carbocycles. The molecule has 33 heavy (non-hydrogen) atoms. The summed E-state index contributed by atoms with van der Waals surface area (Å²) in [6, 6.07) is 8.56. The number of hydrogen-bond acceptors (Lipinski definition) is 3. The summed E-state index contributed by atoms with van der Waals surface area (Å²) < 4.78 is 69.7. The Balaban J connectivity index is 1.85. The molecule has 0 aliphatic carbocycles. The largest absolute Gasteiger partial charge is 0.433 e. The van der Waals surface area contributed by atoms with Gasteiger partial charge in [0.25, 0.3) is 5.91 Å². The topological polar surface area (TPSA) is 59.3 Å². The molecule has 0 fully saturated rings. The van der Waals surface area contributed by atoms with Crippen LogP contribution >= 0.6 is 43.5 Å². The molecule has 4 aromatic rings. The molecule has 0 saturated carbocycles. The van der Waals surface area contributed by atoms with Crippen molar-refractivity contribution in [3.63, 3.8) is 0 Å². The van der Waals surface area contributed by atoms with Crippen LogP contribution < -0.4 is 5.32 Å². The van der Waals surface area contributed by atoms with Crippen molar-refractivity contribution in [3.05, 3.63) is 79.5 Å². The van der Waals surface area contributed by atoms with Crippen molar-refractivity contribution < 1.29 is 26.7 Å². The summed E-state index contributed by atoms with van der Waals surface area (Å²) in [6.07, 6.45) is -4.86. The Bertz CT molecular complexity index is 1380. The van der Waals surface area contributed by atoms with Gasteiger partial charge in [-0.1, -0.05) is 39.7 Å². The molecule has 1 amide bonds. The minimum Gasteiger partial charge on any atom is -0.317 e. The van der Waals surface area contributed by atoms with Gasteiger partial charge in [0.05, 0.1) is 11.4 Å². The van der Waals surface area contributed by atoms with Crippen LogP contribution in [0.5, 0.6) is 0 Å². The number of alkyl halides is 3. The summed E-state index contributed by atoms with van der Waals surface area (Å²) in [5, 5.41) is 5.33. The molecule has 13 heteroatoms. The number of carbonyl (C=O) groups excluding carboxylic acids is 1. The highest BCUT2D eigenvalue weighted by molar-refractivity contribution is 9.10. The average Bonchev–Trinajstić information content (AvgIpc) is 3.06. The number of benzene rings is 2. The lowest BCUT2D eigenvalue weighted by atomic mass is 10.1. The van der Waals surface area contributed by atoms with Crippen LogP contribution in [0.1, 0.15) is 16.2 Å². The van der Waals surface area contributed by atoms with Crippen molar-refractivity contribution in [1.82, 2.24) is 14.6 Å². The van der Waals surface area contributed by atoms with E-state index < -0.39 is 51.5 Å². The first-order valence-electron chi connectivity index (χ1n) is 8.84. The third-order valence-corrected chi connectivity index (χ3v) is 5.93. The lowest BCUT2D eigenvalue weighted by Gasteiger charge is -2.11. The normalized spacial score (nSPS) is 11.8. The summed E-state index contributed by atoms with van der Waals surface area (Å²) in [5.41, 5.74) is -2.39. The molecule has 0 radical (unpaired) electrons. The SMILES string of the molecule is O=C(Nc1c(F)cc(F)cc1Br)c1nn2c(C(F)(F)F)cc(-c3ccc(Br)cc3)nc2c1Cl. The molecular formula is C20H8Br2ClF5N4O. The Labute approximate surface area is 203 Å². The lowest BCUT2D eigenvalue weighted by Crippen LogP contribution is -2.16. The molecule has 170 valence electrons. The minimum absolute atomic E-state index is 0.0524. The fourth-order valence-electron chi connectivity index (χ4n) is 2.94. The van der Waals surface area contributed by atoms with E-state index in [2.05, 4.69) is 47.3 Å². The van der Waals surface area contributed by atoms with E-state index in [1.807, 2.05) is 0 Å². The molecule has 1 N–H and O–H groups in total. The average molecular weight is 611 g/mol. The van der Waals surface area contributed by atoms with Crippen molar-refractivity contribution in [1.29, 1.82) is 0 Å². The number of nitrogens with zero attached hydrogens (tertiary/aromatic N) is 3. The standard InChI is InChI=1S/C20H8Br2ClF5N4O/c21-9-3-1-8(2-4-9)13-7-14(20(26,27)28)32-18(29-13)15(23)17(31-32)19(33)30-16-11(22)5-10(24)6-12(16)25/h1-7H,(H,30,33). The third-order valence-electron chi connectivity index (χ3n) is 4.42. The van der Waals surface area contributed by atoms with Gasteiger partial charge in [-0.05, 0) is 40.2 Å². The van der Waals surface area contributed by atoms with Crippen LogP contribution in [0.15, 0.2) is 51.4 Å². The first-order valence-corrected chi connectivity index (χ1v) is 10.8. The van der Waals surface area contributed by atoms with Crippen LogP contribution in [0.25, 0.3) is 16.9 Å². The molecule has 0 atom stereocenters. The van der Waals surface area contributed by atoms with Gasteiger partial charge in [0.1, 0.15) is 10.8 Å². The fourth-order valence-corrected chi connectivity index (χ4v) is 3.96. The van der Waals surface area contributed by atoms with Gasteiger partial charge in [-0.3, -0.25) is 4.79 Å². The number of nitrogens with one attached hydrogen (secondary N) is 1. The summed E-state index contributed by atoms with van der Waals surface area (Å²) in [5.74, 6) is -3.13. The molecule has 0 unspecified atom stereocenters. The number of rotatable bonds is 3. The molecule has 0 aliphatic rings. The molecular weight excluding hydrogens is 602 g/mol. The molecule has 0 aliphatic heterocycles. The molecule has 0 saturated heterocycles. The molecule has 5 nitrogen and oxygen atoms in total. The predicted octanol–water partition coefficient (Wildman–Crippen LogP) is 7.12. The van der Waals surface area contributed by atoms with Crippen LogP contribution in [-0.2, 0) is 6.18 Å². The van der Waals surface area contributed by atoms with Gasteiger partial charge < -0.3 is 5.32 Å². The van der Waals surface area contributed by atoms with Crippen LogP contribution in [-0.4, -0.2) is 20.5 Å². The van der Waals surface area contributed by atoms with E-state index in [1.54, 1.807) is 24.3 Å². The monoisotopic (exact) mass is 608 g/mol. The highest BCUT2D eigenvalue weighted by atomic mass is 79.9. The molecule has 0 spiro atoms. The van der Waals surface area contributed by atoms with E-state index in [-0.39, 0.29) is 10.2 Å². The summed E-state index contributed by atoms with van der Waals surface area (Å²) >= 11 is 12.3. The zero-order valence-electron chi connectivity index (χ0n) is 15.8. The smallest absolute Gasteiger partial charge is 0.317 e. The van der Waals surface area contributed by atoms with Crippen molar-refractivity contribution in [2.45, 2.75) is 6.18 Å². The van der Waals surface area contributed by atoms with E-state index in [1.165, 1.54) is 0 Å². The molecule has 4 rings (SSSR count). The third kappa shape index (κ3) is 4.59. The van der Waals surface area contributed by atoms with Crippen molar-refractivity contribution in [2.75, 3.05) is 5.32 Å². The minimum atomic E-state index is -4.86. The maximum Gasteiger partial charge on any atom is 0.433 e. The maximum atomic E-state index is 14.1. The van der Waals surface area contributed by atoms with E-state index >= 15 is 0 Å². The number of hydrogen-bond donors (Lipinski definition) is 1. The van der Waals surface area contributed by atoms with Gasteiger partial charge in [-0.25, -0.2) is 18.3 Å². The van der Waals surface area contributed by atoms with Crippen molar-refractivity contribution in [2.24, 2.45) is 0 Å². The quantitative estimate of drug-likeness (QED) is 0.251. The zero-order valence-corrected chi connectivity index (χ0v) is 19.7. The van der Waals surface area contributed by atoms with Crippen LogP contribution in [0.2, 0.25) is 5.02 Å². The maximum absolute atomic E-state index is 14.1. The van der Waals surface area contributed by atoms with Crippen LogP contribution in [0.3, 0.4) is 0 Å². The van der Waals surface area contributed by atoms with Crippen molar-refractivity contribution in [3.8, 4) is 11.3 Å². The molecule has 0 bridgehead atoms. The van der Waals surface area contributed by atoms with Gasteiger partial charge in [-0.15, -0.1) is 0 Å². The highest BCUT2D eigenvalue weighted by Gasteiger charge is 2.37. The van der Waals surface area contributed by atoms with Gasteiger partial charge in [0, 0.05) is 20.6 Å². The second kappa shape index (κ2) is 8.65. The summed E-state index contributed by atoms with van der Waals surface area (Å²) in [4.78, 5) is 16.8. The number of aromatic nitrogens is 3. The van der Waals surface area contributed by atoms with E-state index in [0.717, 1.165) is 12.1 Å². The van der Waals surface area contributed by atoms with Crippen LogP contribution in [0, 0.1) is 11.6 Å². The molecule has 2 aromatic heterocycles. The summed E-state index contributed by atoms with van der Waals surface area (Å²) in [7, 11) is 0. The van der Waals surface area contributed by atoms with Gasteiger partial charge >= 0.3 is 6.18 Å². The van der Waals surface area contributed by atoms with Gasteiger partial charge in [0.15, 0.2) is 22.9 Å². The summed E-state index contributed by atoms with van der Waals surface area (Å²) in [6.45, 7) is 0. The van der Waals surface area contributed by atoms with E-state index in [9.17, 15) is 26.7 Å². The Hall–Kier alpha value is -2.57. The first kappa shape index (κ1) is 23.6. The molecule has 2 heterocycles. The first-order chi connectivity index (χ1) is 15.5. The Morgan fingerprint density at radius 2 is 1.73 bits per heavy atom. The number of halogens is 8. The van der Waals surface area contributed by atoms with Gasteiger partial charge in [0.2, 0.25) is 0 Å². The van der Waals surface area contributed by atoms with Crippen LogP contribution in [0.4, 0.5) is 27.6 Å². The number of amides is 1. The number of carbonyl (C=O) groups is 1. The predicted molar refractivity (Wildman–Crippen MR) is 118 cm³/mol.